The molecule has 0 radical (unpaired) electrons. The number of rotatable bonds is 6. The van der Waals surface area contributed by atoms with Crippen LogP contribution in [0.1, 0.15) is 10.5 Å². The highest BCUT2D eigenvalue weighted by Crippen LogP contribution is 2.33. The summed E-state index contributed by atoms with van der Waals surface area (Å²) in [5, 5.41) is 4.59. The Labute approximate surface area is 137 Å². The molecule has 0 saturated carbocycles. The van der Waals surface area contributed by atoms with Crippen LogP contribution < -0.4 is 14.8 Å². The van der Waals surface area contributed by atoms with Gasteiger partial charge in [0.1, 0.15) is 5.01 Å². The minimum absolute atomic E-state index is 0.156. The van der Waals surface area contributed by atoms with E-state index >= 15 is 0 Å². The van der Waals surface area contributed by atoms with E-state index in [0.717, 1.165) is 5.56 Å². The van der Waals surface area contributed by atoms with Crippen LogP contribution in [0.25, 0.3) is 10.6 Å². The lowest BCUT2D eigenvalue weighted by Crippen LogP contribution is -2.25. The fourth-order valence-electron chi connectivity index (χ4n) is 1.75. The molecule has 2 rings (SSSR count). The highest BCUT2D eigenvalue weighted by molar-refractivity contribution is 7.13. The van der Waals surface area contributed by atoms with Gasteiger partial charge in [0.05, 0.1) is 14.2 Å². The summed E-state index contributed by atoms with van der Waals surface area (Å²) in [7, 11) is 4.57. The smallest absolute Gasteiger partial charge is 0.358 e. The van der Waals surface area contributed by atoms with Crippen molar-refractivity contribution in [3.8, 4) is 22.1 Å². The summed E-state index contributed by atoms with van der Waals surface area (Å²) >= 11 is 1.29. The lowest BCUT2D eigenvalue weighted by atomic mass is 10.2. The molecule has 0 aliphatic heterocycles. The number of hydrogen-bond donors (Lipinski definition) is 1. The number of carbonyl (C=O) groups is 2. The fourth-order valence-corrected chi connectivity index (χ4v) is 2.53. The van der Waals surface area contributed by atoms with Crippen LogP contribution in [0.2, 0.25) is 0 Å². The van der Waals surface area contributed by atoms with Gasteiger partial charge in [-0.15, -0.1) is 11.3 Å². The summed E-state index contributed by atoms with van der Waals surface area (Å²) in [6.45, 7) is -0.335. The van der Waals surface area contributed by atoms with Crippen LogP contribution >= 0.6 is 11.3 Å². The van der Waals surface area contributed by atoms with Crippen LogP contribution in [0.4, 0.5) is 0 Å². The Morgan fingerprint density at radius 1 is 1.22 bits per heavy atom. The van der Waals surface area contributed by atoms with E-state index in [4.69, 9.17) is 14.2 Å². The first kappa shape index (κ1) is 16.8. The van der Waals surface area contributed by atoms with Gasteiger partial charge >= 0.3 is 5.97 Å². The predicted octanol–water partition coefficient (Wildman–Crippen LogP) is 1.73. The second-order valence-corrected chi connectivity index (χ2v) is 5.22. The number of thiazole rings is 1. The number of nitrogens with one attached hydrogen (secondary N) is 1. The Morgan fingerprint density at radius 2 is 1.96 bits per heavy atom. The average Bonchev–Trinajstić information content (AvgIpc) is 3.08. The molecule has 0 aliphatic rings. The van der Waals surface area contributed by atoms with Gasteiger partial charge in [0.25, 0.3) is 5.91 Å². The van der Waals surface area contributed by atoms with Gasteiger partial charge in [0.15, 0.2) is 23.8 Å². The maximum absolute atomic E-state index is 11.8. The topological polar surface area (TPSA) is 86.8 Å². The normalized spacial score (nSPS) is 10.0. The van der Waals surface area contributed by atoms with Gasteiger partial charge in [-0.05, 0) is 18.2 Å². The summed E-state index contributed by atoms with van der Waals surface area (Å²) in [5.74, 6) is 0.159. The minimum atomic E-state index is -0.642. The number of nitrogens with zero attached hydrogens (tertiary/aromatic N) is 1. The van der Waals surface area contributed by atoms with Gasteiger partial charge < -0.3 is 19.5 Å². The summed E-state index contributed by atoms with van der Waals surface area (Å²) in [6, 6.07) is 5.36. The van der Waals surface area contributed by atoms with E-state index in [2.05, 4.69) is 10.3 Å². The third-order valence-corrected chi connectivity index (χ3v) is 3.85. The van der Waals surface area contributed by atoms with Gasteiger partial charge in [0, 0.05) is 18.0 Å². The van der Waals surface area contributed by atoms with Crippen molar-refractivity contribution in [2.45, 2.75) is 0 Å². The number of carbonyl (C=O) groups excluding carboxylic acids is 2. The molecule has 8 heteroatoms. The van der Waals surface area contributed by atoms with Crippen molar-refractivity contribution < 1.29 is 23.8 Å². The number of amides is 1. The Morgan fingerprint density at radius 3 is 2.61 bits per heavy atom. The van der Waals surface area contributed by atoms with E-state index in [1.807, 2.05) is 6.07 Å². The molecule has 0 saturated heterocycles. The monoisotopic (exact) mass is 336 g/mol. The van der Waals surface area contributed by atoms with Crippen molar-refractivity contribution in [2.75, 3.05) is 27.9 Å². The largest absolute Gasteiger partial charge is 0.493 e. The van der Waals surface area contributed by atoms with Crippen molar-refractivity contribution >= 4 is 23.2 Å². The van der Waals surface area contributed by atoms with Gasteiger partial charge in [0.2, 0.25) is 0 Å². The summed E-state index contributed by atoms with van der Waals surface area (Å²) in [6.07, 6.45) is 0. The molecular formula is C15H16N2O5S. The maximum Gasteiger partial charge on any atom is 0.358 e. The Kier molecular flexibility index (Phi) is 5.53. The summed E-state index contributed by atoms with van der Waals surface area (Å²) in [5.41, 5.74) is 0.946. The predicted molar refractivity (Wildman–Crippen MR) is 85.0 cm³/mol. The molecule has 23 heavy (non-hydrogen) atoms. The standard InChI is InChI=1S/C15H16N2O5S/c1-16-13(18)7-22-15(19)10-8-23-14(17-10)9-4-5-11(20-2)12(6-9)21-3/h4-6,8H,7H2,1-3H3,(H,16,18). The molecular weight excluding hydrogens is 320 g/mol. The molecule has 0 spiro atoms. The average molecular weight is 336 g/mol. The second-order valence-electron chi connectivity index (χ2n) is 4.36. The van der Waals surface area contributed by atoms with E-state index in [1.165, 1.54) is 18.4 Å². The first-order chi connectivity index (χ1) is 11.1. The number of benzene rings is 1. The van der Waals surface area contributed by atoms with Crippen molar-refractivity contribution in [3.05, 3.63) is 29.3 Å². The molecule has 1 aromatic heterocycles. The highest BCUT2D eigenvalue weighted by atomic mass is 32.1. The SMILES string of the molecule is CNC(=O)COC(=O)c1csc(-c2ccc(OC)c(OC)c2)n1. The number of ether oxygens (including phenoxy) is 3. The quantitative estimate of drug-likeness (QED) is 0.809. The highest BCUT2D eigenvalue weighted by Gasteiger charge is 2.15. The van der Waals surface area contributed by atoms with Crippen LogP contribution in [0.3, 0.4) is 0 Å². The van der Waals surface area contributed by atoms with Crippen LogP contribution in [0.15, 0.2) is 23.6 Å². The Hall–Kier alpha value is -2.61. The molecule has 2 aromatic rings. The minimum Gasteiger partial charge on any atom is -0.493 e. The summed E-state index contributed by atoms with van der Waals surface area (Å²) in [4.78, 5) is 27.1. The number of esters is 1. The number of likely N-dealkylation sites (N-methyl/N-ethyl adjacent to an activating group) is 1. The number of methoxy groups -OCH3 is 2. The molecule has 1 amide bonds. The fraction of sp³-hybridized carbons (Fsp3) is 0.267. The molecule has 0 bridgehead atoms. The van der Waals surface area contributed by atoms with Gasteiger partial charge in [-0.2, -0.15) is 0 Å². The molecule has 0 unspecified atom stereocenters. The van der Waals surface area contributed by atoms with E-state index < -0.39 is 5.97 Å². The zero-order valence-electron chi connectivity index (χ0n) is 12.9. The summed E-state index contributed by atoms with van der Waals surface area (Å²) < 4.78 is 15.3. The van der Waals surface area contributed by atoms with Gasteiger partial charge in [-0.25, -0.2) is 9.78 Å². The van der Waals surface area contributed by atoms with Crippen LogP contribution in [-0.2, 0) is 9.53 Å². The first-order valence-electron chi connectivity index (χ1n) is 6.64. The molecule has 7 nitrogen and oxygen atoms in total. The molecule has 0 aliphatic carbocycles. The third kappa shape index (κ3) is 3.98. The molecule has 1 N–H and O–H groups in total. The Balaban J connectivity index is 2.15. The van der Waals surface area contributed by atoms with E-state index in [0.29, 0.717) is 16.5 Å². The van der Waals surface area contributed by atoms with Gasteiger partial charge in [-0.3, -0.25) is 4.79 Å². The second kappa shape index (κ2) is 7.59. The van der Waals surface area contributed by atoms with Crippen molar-refractivity contribution in [2.24, 2.45) is 0 Å². The van der Waals surface area contributed by atoms with Crippen LogP contribution in [0.5, 0.6) is 11.5 Å². The zero-order valence-corrected chi connectivity index (χ0v) is 13.7. The lowest BCUT2D eigenvalue weighted by Gasteiger charge is -2.08. The molecule has 122 valence electrons. The number of hydrogen-bond acceptors (Lipinski definition) is 7. The van der Waals surface area contributed by atoms with Crippen molar-refractivity contribution in [3.63, 3.8) is 0 Å². The lowest BCUT2D eigenvalue weighted by molar-refractivity contribution is -0.123. The number of aromatic nitrogens is 1. The van der Waals surface area contributed by atoms with Gasteiger partial charge in [-0.1, -0.05) is 0 Å². The molecule has 1 aromatic carbocycles. The van der Waals surface area contributed by atoms with E-state index in [9.17, 15) is 9.59 Å². The van der Waals surface area contributed by atoms with Crippen molar-refractivity contribution in [1.82, 2.24) is 10.3 Å². The zero-order chi connectivity index (χ0) is 16.8. The first-order valence-corrected chi connectivity index (χ1v) is 7.52. The molecule has 0 fully saturated rings. The van der Waals surface area contributed by atoms with Crippen LogP contribution in [-0.4, -0.2) is 44.7 Å². The van der Waals surface area contributed by atoms with E-state index in [1.54, 1.807) is 31.7 Å². The maximum atomic E-state index is 11.8. The molecule has 0 atom stereocenters. The van der Waals surface area contributed by atoms with Crippen molar-refractivity contribution in [1.29, 1.82) is 0 Å². The van der Waals surface area contributed by atoms with Crippen LogP contribution in [0, 0.1) is 0 Å². The Bertz CT molecular complexity index is 714. The third-order valence-electron chi connectivity index (χ3n) is 2.96. The molecule has 1 heterocycles. The van der Waals surface area contributed by atoms with E-state index in [-0.39, 0.29) is 18.2 Å².